The molecule has 70 valence electrons. The molecule has 0 amide bonds. The van der Waals surface area contributed by atoms with Gasteiger partial charge in [0.1, 0.15) is 0 Å². The largest absolute Gasteiger partial charge is 0.133 e. The van der Waals surface area contributed by atoms with Crippen molar-refractivity contribution in [2.45, 2.75) is 20.8 Å². The summed E-state index contributed by atoms with van der Waals surface area (Å²) >= 11 is 1.78. The lowest BCUT2D eigenvalue weighted by Crippen LogP contribution is -2.03. The van der Waals surface area contributed by atoms with E-state index in [0.717, 1.165) is 0 Å². The fraction of sp³-hybridized carbons (Fsp3) is 0.364. The van der Waals surface area contributed by atoms with Crippen LogP contribution in [0.15, 0.2) is 12.1 Å². The average Bonchev–Trinajstić information content (AvgIpc) is 2.02. The van der Waals surface area contributed by atoms with Gasteiger partial charge < -0.3 is 0 Å². The van der Waals surface area contributed by atoms with Crippen molar-refractivity contribution in [1.29, 1.82) is 0 Å². The molecule has 0 unspecified atom stereocenters. The Hall–Kier alpha value is -0.260. The molecule has 1 rings (SSSR count). The fourth-order valence-electron chi connectivity index (χ4n) is 1.48. The lowest BCUT2D eigenvalue weighted by molar-refractivity contribution is 1.36. The van der Waals surface area contributed by atoms with Gasteiger partial charge >= 0.3 is 0 Å². The topological polar surface area (TPSA) is 0 Å². The minimum atomic E-state index is 1.33. The number of hydrogen-bond acceptors (Lipinski definition) is 1. The summed E-state index contributed by atoms with van der Waals surface area (Å²) < 4.78 is 0. The van der Waals surface area contributed by atoms with Gasteiger partial charge in [-0.05, 0) is 43.3 Å². The van der Waals surface area contributed by atoms with Crippen molar-refractivity contribution in [1.82, 2.24) is 0 Å². The van der Waals surface area contributed by atoms with E-state index in [4.69, 9.17) is 0 Å². The van der Waals surface area contributed by atoms with Crippen LogP contribution in [-0.2, 0) is 0 Å². The number of thioether (sulfide) groups is 1. The maximum atomic E-state index is 2.25. The first-order chi connectivity index (χ1) is 6.15. The van der Waals surface area contributed by atoms with Crippen LogP contribution >= 0.6 is 20.0 Å². The molecule has 1 aromatic carbocycles. The van der Waals surface area contributed by atoms with Gasteiger partial charge in [-0.25, -0.2) is 0 Å². The van der Waals surface area contributed by atoms with Gasteiger partial charge in [0.25, 0.3) is 0 Å². The van der Waals surface area contributed by atoms with Crippen LogP contribution in [0.1, 0.15) is 16.7 Å². The summed E-state index contributed by atoms with van der Waals surface area (Å²) in [5.74, 6) is 0. The Balaban J connectivity index is 3.13. The van der Waals surface area contributed by atoms with E-state index >= 15 is 0 Å². The van der Waals surface area contributed by atoms with Gasteiger partial charge in [0.15, 0.2) is 0 Å². The molecule has 0 bridgehead atoms. The minimum Gasteiger partial charge on any atom is -0.133 e. The van der Waals surface area contributed by atoms with Crippen LogP contribution in [0.3, 0.4) is 0 Å². The first-order valence-electron chi connectivity index (χ1n) is 4.28. The number of aryl methyl sites for hydroxylation is 3. The predicted molar refractivity (Wildman–Crippen MR) is 66.8 cm³/mol. The van der Waals surface area contributed by atoms with E-state index in [1.165, 1.54) is 30.2 Å². The first-order valence-corrected chi connectivity index (χ1v) is 6.53. The van der Waals surface area contributed by atoms with Crippen LogP contribution in [0.25, 0.3) is 0 Å². The van der Waals surface area contributed by atoms with Crippen molar-refractivity contribution in [2.75, 3.05) is 6.26 Å². The van der Waals surface area contributed by atoms with Gasteiger partial charge in [-0.15, -0.1) is 11.8 Å². The van der Waals surface area contributed by atoms with E-state index in [-0.39, 0.29) is 0 Å². The summed E-state index contributed by atoms with van der Waals surface area (Å²) in [6.45, 7) is 6.53. The molecule has 0 saturated carbocycles. The molecular formula is C11H15PS. The van der Waals surface area contributed by atoms with Gasteiger partial charge in [-0.2, -0.15) is 0 Å². The summed E-state index contributed by atoms with van der Waals surface area (Å²) in [6.07, 6.45) is 2.10. The van der Waals surface area contributed by atoms with Crippen LogP contribution in [0, 0.1) is 20.8 Å². The molecule has 0 aromatic heterocycles. The van der Waals surface area contributed by atoms with E-state index in [0.29, 0.717) is 0 Å². The highest BCUT2D eigenvalue weighted by molar-refractivity contribution is 8.16. The third kappa shape index (κ3) is 2.86. The molecule has 13 heavy (non-hydrogen) atoms. The summed E-state index contributed by atoms with van der Waals surface area (Å²) in [7, 11) is 1.33. The highest BCUT2D eigenvalue weighted by Gasteiger charge is 1.99. The Morgan fingerprint density at radius 1 is 1.15 bits per heavy atom. The number of benzene rings is 1. The fourth-order valence-corrected chi connectivity index (χ4v) is 2.86. The monoisotopic (exact) mass is 210 g/mol. The van der Waals surface area contributed by atoms with Crippen molar-refractivity contribution in [3.8, 4) is 0 Å². The van der Waals surface area contributed by atoms with E-state index in [1.807, 2.05) is 0 Å². The van der Waals surface area contributed by atoms with Crippen molar-refractivity contribution in [2.24, 2.45) is 0 Å². The third-order valence-corrected chi connectivity index (χ3v) is 4.15. The molecule has 0 atom stereocenters. The smallest absolute Gasteiger partial charge is 0.00813 e. The molecule has 0 aliphatic carbocycles. The minimum absolute atomic E-state index is 1.33. The Labute approximate surface area is 86.6 Å². The van der Waals surface area contributed by atoms with Gasteiger partial charge in [-0.1, -0.05) is 25.9 Å². The van der Waals surface area contributed by atoms with E-state index < -0.39 is 0 Å². The number of rotatable bonds is 2. The Morgan fingerprint density at radius 2 is 1.69 bits per heavy atom. The molecule has 0 spiro atoms. The van der Waals surface area contributed by atoms with Crippen LogP contribution in [0.4, 0.5) is 0 Å². The Morgan fingerprint density at radius 3 is 2.15 bits per heavy atom. The zero-order valence-corrected chi connectivity index (χ0v) is 10.3. The summed E-state index contributed by atoms with van der Waals surface area (Å²) in [5.41, 5.74) is 4.17. The maximum absolute atomic E-state index is 2.25. The van der Waals surface area contributed by atoms with Crippen LogP contribution in [0.2, 0.25) is 0 Å². The van der Waals surface area contributed by atoms with Crippen molar-refractivity contribution in [3.05, 3.63) is 28.8 Å². The predicted octanol–water partition coefficient (Wildman–Crippen LogP) is 3.31. The van der Waals surface area contributed by atoms with Crippen LogP contribution in [0.5, 0.6) is 0 Å². The lowest BCUT2D eigenvalue weighted by atomic mass is 10.1. The molecule has 0 N–H and O–H groups in total. The molecule has 0 nitrogen and oxygen atoms in total. The highest BCUT2D eigenvalue weighted by atomic mass is 32.2. The molecule has 0 fully saturated rings. The van der Waals surface area contributed by atoms with Gasteiger partial charge in [0.2, 0.25) is 0 Å². The maximum Gasteiger partial charge on any atom is 0.00813 e. The molecule has 0 aliphatic heterocycles. The molecule has 1 aromatic rings. The Kier molecular flexibility index (Phi) is 4.02. The zero-order valence-electron chi connectivity index (χ0n) is 8.59. The normalized spacial score (nSPS) is 11.1. The van der Waals surface area contributed by atoms with Gasteiger partial charge in [0, 0.05) is 5.30 Å². The van der Waals surface area contributed by atoms with E-state index in [9.17, 15) is 0 Å². The zero-order chi connectivity index (χ0) is 9.84. The second kappa shape index (κ2) is 4.83. The molecule has 0 heterocycles. The van der Waals surface area contributed by atoms with E-state index in [2.05, 4.69) is 44.3 Å². The average molecular weight is 210 g/mol. The second-order valence-electron chi connectivity index (χ2n) is 3.22. The summed E-state index contributed by atoms with van der Waals surface area (Å²) in [5, 5.41) is 3.69. The second-order valence-corrected chi connectivity index (χ2v) is 5.24. The highest BCUT2D eigenvalue weighted by Crippen LogP contribution is 2.12. The third-order valence-electron chi connectivity index (χ3n) is 1.92. The first kappa shape index (κ1) is 10.8. The lowest BCUT2D eigenvalue weighted by Gasteiger charge is -2.05. The Bertz CT molecular complexity index is 306. The van der Waals surface area contributed by atoms with Crippen LogP contribution < -0.4 is 5.30 Å². The van der Waals surface area contributed by atoms with Gasteiger partial charge in [0.05, 0.1) is 0 Å². The summed E-state index contributed by atoms with van der Waals surface area (Å²) in [6, 6.07) is 4.51. The van der Waals surface area contributed by atoms with Crippen molar-refractivity contribution < 1.29 is 0 Å². The number of hydrogen-bond donors (Lipinski definition) is 0. The molecule has 0 saturated heterocycles. The molecular weight excluding hydrogens is 195 g/mol. The van der Waals surface area contributed by atoms with E-state index in [1.54, 1.807) is 11.8 Å². The molecule has 0 aliphatic rings. The summed E-state index contributed by atoms with van der Waals surface area (Å²) in [4.78, 5) is 0. The van der Waals surface area contributed by atoms with Crippen LogP contribution in [-0.4, -0.2) is 11.4 Å². The van der Waals surface area contributed by atoms with Crippen molar-refractivity contribution >= 4 is 30.4 Å². The molecule has 2 heteroatoms. The molecule has 0 radical (unpaired) electrons. The van der Waals surface area contributed by atoms with Gasteiger partial charge in [-0.3, -0.25) is 0 Å². The standard InChI is InChI=1S/C11H15PS/c1-8-5-9(2)11(10(3)6-8)12-7-13-4/h5-7H,1-4H3. The quantitative estimate of drug-likeness (QED) is 0.675. The van der Waals surface area contributed by atoms with Crippen molar-refractivity contribution in [3.63, 3.8) is 0 Å². The SMILES string of the molecule is CSC=Pc1c(C)cc(C)cc1C.